The Kier molecular flexibility index (Phi) is 7.17. The zero-order valence-corrected chi connectivity index (χ0v) is 10.3. The highest BCUT2D eigenvalue weighted by Crippen LogP contribution is 2.04. The number of hydrogen-bond donors (Lipinski definition) is 0. The second kappa shape index (κ2) is 7.26. The highest BCUT2D eigenvalue weighted by atomic mass is 28.3. The van der Waals surface area contributed by atoms with Crippen LogP contribution in [0, 0.1) is 0 Å². The Labute approximate surface area is 83.0 Å². The number of rotatable bonds is 7. The van der Waals surface area contributed by atoms with Crippen LogP contribution in [0.4, 0.5) is 0 Å². The summed E-state index contributed by atoms with van der Waals surface area (Å²) in [6.45, 7) is 9.17. The van der Waals surface area contributed by atoms with Gasteiger partial charge in [0.05, 0.1) is 0 Å². The summed E-state index contributed by atoms with van der Waals surface area (Å²) in [6, 6.07) is 0. The van der Waals surface area contributed by atoms with Crippen LogP contribution in [0.15, 0.2) is 12.3 Å². The molecular formula is C9H21NO2Si. The molecule has 0 rings (SSSR count). The molecule has 0 heterocycles. The number of ether oxygens (including phenoxy) is 2. The first-order valence-corrected chi connectivity index (χ1v) is 6.54. The van der Waals surface area contributed by atoms with Gasteiger partial charge < -0.3 is 14.0 Å². The van der Waals surface area contributed by atoms with E-state index < -0.39 is 8.96 Å². The smallest absolute Gasteiger partial charge is 0.200 e. The molecule has 0 saturated heterocycles. The first-order chi connectivity index (χ1) is 6.17. The van der Waals surface area contributed by atoms with E-state index in [1.165, 1.54) is 0 Å². The molecule has 0 aliphatic rings. The van der Waals surface area contributed by atoms with Gasteiger partial charge in [0, 0.05) is 13.2 Å². The maximum absolute atomic E-state index is 5.52. The maximum atomic E-state index is 5.52. The van der Waals surface area contributed by atoms with Gasteiger partial charge in [-0.3, -0.25) is 0 Å². The Morgan fingerprint density at radius 1 is 1.31 bits per heavy atom. The minimum absolute atomic E-state index is 0.0671. The zero-order chi connectivity index (χ0) is 10.3. The van der Waals surface area contributed by atoms with Crippen LogP contribution < -0.4 is 0 Å². The van der Waals surface area contributed by atoms with E-state index in [9.17, 15) is 0 Å². The predicted molar refractivity (Wildman–Crippen MR) is 58.1 cm³/mol. The average molecular weight is 203 g/mol. The van der Waals surface area contributed by atoms with E-state index in [0.29, 0.717) is 13.2 Å². The summed E-state index contributed by atoms with van der Waals surface area (Å²) in [5.74, 6) is -0.0671. The third-order valence-corrected chi connectivity index (χ3v) is 4.40. The molecule has 0 aromatic carbocycles. The Morgan fingerprint density at radius 3 is 2.00 bits per heavy atom. The number of nitrogens with zero attached hydrogens (tertiary/aromatic N) is 1. The van der Waals surface area contributed by atoms with E-state index >= 15 is 0 Å². The van der Waals surface area contributed by atoms with Crippen molar-refractivity contribution in [3.05, 3.63) is 12.3 Å². The Balaban J connectivity index is 4.19. The Hall–Kier alpha value is -0.163. The van der Waals surface area contributed by atoms with Gasteiger partial charge in [-0.2, -0.15) is 0 Å². The van der Waals surface area contributed by atoms with Crippen molar-refractivity contribution in [3.8, 4) is 0 Å². The summed E-state index contributed by atoms with van der Waals surface area (Å²) in [5, 5.41) is 0. The standard InChI is InChI=1S/C9H21NO2Si/c1-6-11-9(12-7-2)13(8-3)10(4)5/h8-9,13H,3,6-7H2,1-2,4-5H3. The summed E-state index contributed by atoms with van der Waals surface area (Å²) in [7, 11) is 2.81. The second-order valence-corrected chi connectivity index (χ2v) is 6.00. The fraction of sp³-hybridized carbons (Fsp3) is 0.778. The third kappa shape index (κ3) is 4.57. The van der Waals surface area contributed by atoms with Crippen LogP contribution >= 0.6 is 0 Å². The molecule has 0 aromatic rings. The quantitative estimate of drug-likeness (QED) is 0.454. The molecule has 0 fully saturated rings. The lowest BCUT2D eigenvalue weighted by Crippen LogP contribution is -2.45. The second-order valence-electron chi connectivity index (χ2n) is 2.97. The van der Waals surface area contributed by atoms with Crippen molar-refractivity contribution in [1.29, 1.82) is 0 Å². The largest absolute Gasteiger partial charge is 0.355 e. The average Bonchev–Trinajstić information content (AvgIpc) is 2.05. The first kappa shape index (κ1) is 12.8. The molecular weight excluding hydrogens is 182 g/mol. The minimum Gasteiger partial charge on any atom is -0.355 e. The van der Waals surface area contributed by atoms with Gasteiger partial charge in [0.1, 0.15) is 0 Å². The molecule has 0 N–H and O–H groups in total. The van der Waals surface area contributed by atoms with Crippen molar-refractivity contribution in [2.75, 3.05) is 27.3 Å². The Bertz CT molecular complexity index is 136. The van der Waals surface area contributed by atoms with Gasteiger partial charge in [0.25, 0.3) is 0 Å². The lowest BCUT2D eigenvalue weighted by atomic mass is 10.8. The molecule has 13 heavy (non-hydrogen) atoms. The summed E-state index contributed by atoms with van der Waals surface area (Å²) in [4.78, 5) is 0. The van der Waals surface area contributed by atoms with E-state index in [2.05, 4.69) is 11.1 Å². The van der Waals surface area contributed by atoms with E-state index in [1.807, 2.05) is 33.6 Å². The van der Waals surface area contributed by atoms with Crippen LogP contribution in [-0.4, -0.2) is 46.7 Å². The topological polar surface area (TPSA) is 21.7 Å². The van der Waals surface area contributed by atoms with Crippen molar-refractivity contribution >= 4 is 8.96 Å². The van der Waals surface area contributed by atoms with Gasteiger partial charge in [0.2, 0.25) is 8.96 Å². The van der Waals surface area contributed by atoms with E-state index in [4.69, 9.17) is 9.47 Å². The van der Waals surface area contributed by atoms with Crippen molar-refractivity contribution in [2.45, 2.75) is 19.8 Å². The highest BCUT2D eigenvalue weighted by Gasteiger charge is 2.23. The van der Waals surface area contributed by atoms with Crippen molar-refractivity contribution < 1.29 is 9.47 Å². The molecule has 0 saturated carbocycles. The van der Waals surface area contributed by atoms with Crippen molar-refractivity contribution in [3.63, 3.8) is 0 Å². The van der Waals surface area contributed by atoms with Gasteiger partial charge in [-0.15, -0.1) is 6.58 Å². The van der Waals surface area contributed by atoms with Crippen LogP contribution in [0.1, 0.15) is 13.8 Å². The zero-order valence-electron chi connectivity index (χ0n) is 9.12. The predicted octanol–water partition coefficient (Wildman–Crippen LogP) is 0.935. The summed E-state index contributed by atoms with van der Waals surface area (Å²) < 4.78 is 13.2. The van der Waals surface area contributed by atoms with Gasteiger partial charge >= 0.3 is 0 Å². The van der Waals surface area contributed by atoms with E-state index in [-0.39, 0.29) is 5.91 Å². The van der Waals surface area contributed by atoms with Gasteiger partial charge in [-0.25, -0.2) is 0 Å². The Morgan fingerprint density at radius 2 is 1.77 bits per heavy atom. The molecule has 0 aliphatic carbocycles. The normalized spacial score (nSPS) is 13.7. The summed E-state index contributed by atoms with van der Waals surface area (Å²) in [5.41, 5.74) is 1.98. The highest BCUT2D eigenvalue weighted by molar-refractivity contribution is 6.62. The first-order valence-electron chi connectivity index (χ1n) is 4.69. The van der Waals surface area contributed by atoms with Gasteiger partial charge in [-0.05, 0) is 27.9 Å². The van der Waals surface area contributed by atoms with Gasteiger partial charge in [-0.1, -0.05) is 5.70 Å². The molecule has 0 radical (unpaired) electrons. The van der Waals surface area contributed by atoms with E-state index in [0.717, 1.165) is 0 Å². The monoisotopic (exact) mass is 203 g/mol. The van der Waals surface area contributed by atoms with Crippen molar-refractivity contribution in [2.24, 2.45) is 0 Å². The molecule has 1 atom stereocenters. The van der Waals surface area contributed by atoms with E-state index in [1.54, 1.807) is 0 Å². The molecule has 1 unspecified atom stereocenters. The van der Waals surface area contributed by atoms with Crippen LogP contribution in [-0.2, 0) is 9.47 Å². The SMILES string of the molecule is C=C[SiH](C(OCC)OCC)N(C)C. The third-order valence-electron chi connectivity index (χ3n) is 1.78. The van der Waals surface area contributed by atoms with Gasteiger partial charge in [0.15, 0.2) is 5.91 Å². The molecule has 0 spiro atoms. The summed E-state index contributed by atoms with van der Waals surface area (Å²) >= 11 is 0. The molecule has 0 aliphatic heterocycles. The molecule has 0 aromatic heterocycles. The molecule has 3 nitrogen and oxygen atoms in total. The molecule has 4 heteroatoms. The van der Waals surface area contributed by atoms with Crippen molar-refractivity contribution in [1.82, 2.24) is 4.57 Å². The maximum Gasteiger partial charge on any atom is 0.200 e. The van der Waals surface area contributed by atoms with Crippen LogP contribution in [0.25, 0.3) is 0 Å². The summed E-state index contributed by atoms with van der Waals surface area (Å²) in [6.07, 6.45) is 0. The molecule has 78 valence electrons. The molecule has 0 bridgehead atoms. The lowest BCUT2D eigenvalue weighted by molar-refractivity contribution is -0.0879. The number of hydrogen-bond acceptors (Lipinski definition) is 3. The lowest BCUT2D eigenvalue weighted by Gasteiger charge is -2.27. The fourth-order valence-electron chi connectivity index (χ4n) is 1.14. The minimum atomic E-state index is -1.28. The van der Waals surface area contributed by atoms with Crippen LogP contribution in [0.3, 0.4) is 0 Å². The molecule has 0 amide bonds. The van der Waals surface area contributed by atoms with Crippen LogP contribution in [0.5, 0.6) is 0 Å². The van der Waals surface area contributed by atoms with Crippen LogP contribution in [0.2, 0.25) is 0 Å². The fourth-order valence-corrected chi connectivity index (χ4v) is 3.05.